The predicted molar refractivity (Wildman–Crippen MR) is 141 cm³/mol. The van der Waals surface area contributed by atoms with E-state index in [4.69, 9.17) is 0 Å². The summed E-state index contributed by atoms with van der Waals surface area (Å²) in [5.41, 5.74) is 6.07. The number of benzene rings is 1. The molecule has 1 aliphatic heterocycles. The van der Waals surface area contributed by atoms with Crippen molar-refractivity contribution in [2.45, 2.75) is 32.2 Å². The highest BCUT2D eigenvalue weighted by atomic mass is 16.2. The Bertz CT molecular complexity index is 1590. The fourth-order valence-electron chi connectivity index (χ4n) is 5.09. The lowest BCUT2D eigenvalue weighted by Crippen LogP contribution is -2.38. The number of amides is 2. The molecule has 0 atom stereocenters. The van der Waals surface area contributed by atoms with Crippen molar-refractivity contribution in [3.63, 3.8) is 0 Å². The highest BCUT2D eigenvalue weighted by Gasteiger charge is 2.26. The Hall–Kier alpha value is -4.46. The minimum atomic E-state index is -0.0992. The fraction of sp³-hybridized carbons (Fsp3) is 0.241. The van der Waals surface area contributed by atoms with E-state index in [2.05, 4.69) is 15.3 Å². The Morgan fingerprint density at radius 1 is 1.00 bits per heavy atom. The molecule has 5 aromatic rings. The van der Waals surface area contributed by atoms with Crippen LogP contribution >= 0.6 is 0 Å². The van der Waals surface area contributed by atoms with Crippen LogP contribution in [0, 0.1) is 6.92 Å². The number of imidazole rings is 2. The third-order valence-corrected chi connectivity index (χ3v) is 7.24. The summed E-state index contributed by atoms with van der Waals surface area (Å²) in [6.07, 6.45) is 11.1. The van der Waals surface area contributed by atoms with Crippen LogP contribution in [0.1, 0.15) is 56.3 Å². The maximum absolute atomic E-state index is 13.1. The summed E-state index contributed by atoms with van der Waals surface area (Å²) in [6, 6.07) is 15.8. The van der Waals surface area contributed by atoms with Gasteiger partial charge in [-0.25, -0.2) is 9.97 Å². The van der Waals surface area contributed by atoms with Crippen molar-refractivity contribution in [1.82, 2.24) is 29.0 Å². The van der Waals surface area contributed by atoms with Gasteiger partial charge in [0.2, 0.25) is 0 Å². The SMILES string of the molecule is Cc1cccn2cc(C(=O)N3CCC(c4ccc(C(=O)NCc5ccn6ccnc6c5)cc4)CC3)nc12. The van der Waals surface area contributed by atoms with Crippen molar-refractivity contribution in [1.29, 1.82) is 0 Å². The molecule has 186 valence electrons. The van der Waals surface area contributed by atoms with Crippen molar-refractivity contribution in [2.24, 2.45) is 0 Å². The number of piperidine rings is 1. The van der Waals surface area contributed by atoms with Crippen molar-refractivity contribution in [3.05, 3.63) is 107 Å². The second-order valence-corrected chi connectivity index (χ2v) is 9.65. The highest BCUT2D eigenvalue weighted by Crippen LogP contribution is 2.29. The van der Waals surface area contributed by atoms with E-state index in [1.807, 2.05) is 93.9 Å². The summed E-state index contributed by atoms with van der Waals surface area (Å²) in [6.45, 7) is 3.83. The molecule has 1 saturated heterocycles. The standard InChI is InChI=1S/C29H28N6O2/c1-20-3-2-12-35-19-25(32-27(20)35)29(37)34-14-9-23(10-15-34)22-4-6-24(7-5-22)28(36)31-18-21-8-13-33-16-11-30-26(33)17-21/h2-8,11-13,16-17,19,23H,9-10,14-15,18H2,1H3,(H,31,36). The average Bonchev–Trinajstić information content (AvgIpc) is 3.59. The molecule has 1 aromatic carbocycles. The molecular weight excluding hydrogens is 464 g/mol. The van der Waals surface area contributed by atoms with E-state index >= 15 is 0 Å². The Labute approximate surface area is 214 Å². The van der Waals surface area contributed by atoms with E-state index < -0.39 is 0 Å². The van der Waals surface area contributed by atoms with Crippen molar-refractivity contribution in [3.8, 4) is 0 Å². The number of aryl methyl sites for hydroxylation is 1. The third-order valence-electron chi connectivity index (χ3n) is 7.24. The van der Waals surface area contributed by atoms with Gasteiger partial charge in [0.1, 0.15) is 17.0 Å². The number of nitrogens with one attached hydrogen (secondary N) is 1. The van der Waals surface area contributed by atoms with Crippen LogP contribution in [-0.2, 0) is 6.54 Å². The van der Waals surface area contributed by atoms with Crippen LogP contribution in [-0.4, -0.2) is 48.6 Å². The minimum absolute atomic E-state index is 0.0135. The second kappa shape index (κ2) is 9.54. The molecule has 0 bridgehead atoms. The number of rotatable bonds is 5. The lowest BCUT2D eigenvalue weighted by atomic mass is 9.89. The first-order valence-electron chi connectivity index (χ1n) is 12.6. The van der Waals surface area contributed by atoms with Gasteiger partial charge in [-0.1, -0.05) is 18.2 Å². The molecule has 0 unspecified atom stereocenters. The summed E-state index contributed by atoms with van der Waals surface area (Å²) in [7, 11) is 0. The molecule has 0 saturated carbocycles. The molecule has 0 spiro atoms. The second-order valence-electron chi connectivity index (χ2n) is 9.65. The molecule has 0 aliphatic carbocycles. The van der Waals surface area contributed by atoms with Gasteiger partial charge in [0, 0.05) is 56.2 Å². The van der Waals surface area contributed by atoms with Gasteiger partial charge in [-0.3, -0.25) is 9.59 Å². The normalized spacial score (nSPS) is 14.4. The largest absolute Gasteiger partial charge is 0.348 e. The zero-order valence-corrected chi connectivity index (χ0v) is 20.7. The average molecular weight is 493 g/mol. The lowest BCUT2D eigenvalue weighted by Gasteiger charge is -2.31. The number of carbonyl (C=O) groups excluding carboxylic acids is 2. The molecule has 37 heavy (non-hydrogen) atoms. The first-order chi connectivity index (χ1) is 18.0. The fourth-order valence-corrected chi connectivity index (χ4v) is 5.09. The van der Waals surface area contributed by atoms with Crippen LogP contribution < -0.4 is 5.32 Å². The van der Waals surface area contributed by atoms with E-state index in [0.717, 1.165) is 35.3 Å². The van der Waals surface area contributed by atoms with Gasteiger partial charge in [0.25, 0.3) is 11.8 Å². The topological polar surface area (TPSA) is 84.0 Å². The number of likely N-dealkylation sites (tertiary alicyclic amines) is 1. The third kappa shape index (κ3) is 4.58. The zero-order chi connectivity index (χ0) is 25.4. The van der Waals surface area contributed by atoms with Crippen LogP contribution in [0.2, 0.25) is 0 Å². The smallest absolute Gasteiger partial charge is 0.274 e. The molecule has 4 aromatic heterocycles. The molecule has 0 radical (unpaired) electrons. The predicted octanol–water partition coefficient (Wildman–Crippen LogP) is 4.24. The summed E-state index contributed by atoms with van der Waals surface area (Å²) in [5, 5.41) is 2.99. The van der Waals surface area contributed by atoms with E-state index in [0.29, 0.717) is 36.8 Å². The number of fused-ring (bicyclic) bond motifs is 2. The van der Waals surface area contributed by atoms with Crippen molar-refractivity contribution >= 4 is 23.1 Å². The Morgan fingerprint density at radius 2 is 1.81 bits per heavy atom. The van der Waals surface area contributed by atoms with Gasteiger partial charge in [0.05, 0.1) is 0 Å². The maximum atomic E-state index is 13.1. The monoisotopic (exact) mass is 492 g/mol. The maximum Gasteiger partial charge on any atom is 0.274 e. The summed E-state index contributed by atoms with van der Waals surface area (Å²) < 4.78 is 3.84. The van der Waals surface area contributed by atoms with Crippen LogP contribution in [0.25, 0.3) is 11.3 Å². The van der Waals surface area contributed by atoms with Crippen molar-refractivity contribution < 1.29 is 9.59 Å². The Balaban J connectivity index is 1.04. The first-order valence-corrected chi connectivity index (χ1v) is 12.6. The molecule has 6 rings (SSSR count). The van der Waals surface area contributed by atoms with Gasteiger partial charge in [-0.05, 0) is 72.7 Å². The number of carbonyl (C=O) groups is 2. The Kier molecular flexibility index (Phi) is 5.92. The highest BCUT2D eigenvalue weighted by molar-refractivity contribution is 5.94. The van der Waals surface area contributed by atoms with Crippen molar-refractivity contribution in [2.75, 3.05) is 13.1 Å². The quantitative estimate of drug-likeness (QED) is 0.398. The van der Waals surface area contributed by atoms with Gasteiger partial charge in [-0.15, -0.1) is 0 Å². The minimum Gasteiger partial charge on any atom is -0.348 e. The molecule has 1 N–H and O–H groups in total. The van der Waals surface area contributed by atoms with E-state index in [9.17, 15) is 9.59 Å². The molecule has 1 fully saturated rings. The number of hydrogen-bond acceptors (Lipinski definition) is 4. The summed E-state index contributed by atoms with van der Waals surface area (Å²) >= 11 is 0. The van der Waals surface area contributed by atoms with Crippen LogP contribution in [0.4, 0.5) is 0 Å². The number of pyridine rings is 2. The zero-order valence-electron chi connectivity index (χ0n) is 20.7. The van der Waals surface area contributed by atoms with Crippen LogP contribution in [0.5, 0.6) is 0 Å². The first kappa shape index (κ1) is 23.0. The van der Waals surface area contributed by atoms with Gasteiger partial charge in [-0.2, -0.15) is 0 Å². The van der Waals surface area contributed by atoms with E-state index in [-0.39, 0.29) is 11.8 Å². The molecule has 8 heteroatoms. The number of hydrogen-bond donors (Lipinski definition) is 1. The number of aromatic nitrogens is 4. The molecular formula is C29H28N6O2. The summed E-state index contributed by atoms with van der Waals surface area (Å²) in [4.78, 5) is 36.5. The van der Waals surface area contributed by atoms with Gasteiger partial charge >= 0.3 is 0 Å². The Morgan fingerprint density at radius 3 is 2.59 bits per heavy atom. The van der Waals surface area contributed by atoms with E-state index in [1.165, 1.54) is 5.56 Å². The van der Waals surface area contributed by atoms with Gasteiger partial charge in [0.15, 0.2) is 0 Å². The number of nitrogens with zero attached hydrogens (tertiary/aromatic N) is 5. The van der Waals surface area contributed by atoms with Crippen LogP contribution in [0.3, 0.4) is 0 Å². The molecule has 2 amide bonds. The van der Waals surface area contributed by atoms with E-state index in [1.54, 1.807) is 6.20 Å². The molecule has 1 aliphatic rings. The van der Waals surface area contributed by atoms with Gasteiger partial charge < -0.3 is 19.0 Å². The summed E-state index contributed by atoms with van der Waals surface area (Å²) in [5.74, 6) is 0.254. The lowest BCUT2D eigenvalue weighted by molar-refractivity contribution is 0.0707. The molecule has 5 heterocycles. The molecule has 8 nitrogen and oxygen atoms in total. The van der Waals surface area contributed by atoms with Crippen LogP contribution in [0.15, 0.2) is 79.5 Å².